The summed E-state index contributed by atoms with van der Waals surface area (Å²) in [4.78, 5) is -1.21. The zero-order valence-corrected chi connectivity index (χ0v) is 10.7. The summed E-state index contributed by atoms with van der Waals surface area (Å²) in [6.07, 6.45) is -4.88. The topological polar surface area (TPSA) is 57.6 Å². The molecular weight excluding hydrogens is 309 g/mol. The molecule has 0 spiro atoms. The Kier molecular flexibility index (Phi) is 5.05. The number of hydrogen-bond donors (Lipinski definition) is 1. The third-order valence-corrected chi connectivity index (χ3v) is 4.08. The van der Waals surface area contributed by atoms with Crippen LogP contribution in [0.5, 0.6) is 0 Å². The van der Waals surface area contributed by atoms with Gasteiger partial charge >= 0.3 is 6.18 Å². The first-order chi connectivity index (χ1) is 9.08. The van der Waals surface area contributed by atoms with Gasteiger partial charge in [-0.2, -0.15) is 17.5 Å². The molecule has 1 N–H and O–H groups in total. The summed E-state index contributed by atoms with van der Waals surface area (Å²) in [6.45, 7) is -3.70. The second kappa shape index (κ2) is 6.02. The van der Waals surface area contributed by atoms with Crippen molar-refractivity contribution < 1.29 is 35.5 Å². The van der Waals surface area contributed by atoms with Crippen LogP contribution in [-0.4, -0.2) is 43.7 Å². The van der Waals surface area contributed by atoms with Gasteiger partial charge in [0.05, 0.1) is 6.61 Å². The van der Waals surface area contributed by atoms with E-state index in [0.717, 1.165) is 0 Å². The Hall–Kier alpha value is -1.26. The molecule has 0 radical (unpaired) electrons. The number of halogens is 5. The van der Waals surface area contributed by atoms with E-state index in [9.17, 15) is 30.4 Å². The van der Waals surface area contributed by atoms with Gasteiger partial charge in [-0.25, -0.2) is 17.2 Å². The first kappa shape index (κ1) is 16.8. The Labute approximate surface area is 111 Å². The SMILES string of the molecule is O=S(=O)(c1cc(F)ccc1F)N(CCO)CC(F)(F)F. The van der Waals surface area contributed by atoms with Gasteiger partial charge in [-0.15, -0.1) is 0 Å². The number of hydrogen-bond acceptors (Lipinski definition) is 3. The van der Waals surface area contributed by atoms with E-state index in [1.165, 1.54) is 0 Å². The molecule has 0 fully saturated rings. The monoisotopic (exact) mass is 319 g/mol. The Balaban J connectivity index is 3.26. The maximum Gasteiger partial charge on any atom is 0.402 e. The number of aliphatic hydroxyl groups excluding tert-OH is 1. The van der Waals surface area contributed by atoms with Gasteiger partial charge in [-0.05, 0) is 18.2 Å². The summed E-state index contributed by atoms with van der Waals surface area (Å²) in [5.74, 6) is -2.49. The molecule has 0 aliphatic heterocycles. The normalized spacial score (nSPS) is 12.9. The van der Waals surface area contributed by atoms with Crippen LogP contribution >= 0.6 is 0 Å². The summed E-state index contributed by atoms with van der Waals surface area (Å²) in [5, 5.41) is 8.63. The number of aliphatic hydroxyl groups is 1. The lowest BCUT2D eigenvalue weighted by Gasteiger charge is -2.22. The standard InChI is InChI=1S/C10H10F5NO3S/c11-7-1-2-8(12)9(5-7)20(18,19)16(3-4-17)6-10(13,14)15/h1-2,5,17H,3-4,6H2. The molecule has 1 aromatic rings. The number of benzene rings is 1. The lowest BCUT2D eigenvalue weighted by molar-refractivity contribution is -0.136. The molecule has 10 heteroatoms. The molecule has 0 saturated heterocycles. The molecule has 0 atom stereocenters. The summed E-state index contributed by atoms with van der Waals surface area (Å²) in [6, 6.07) is 1.41. The predicted molar refractivity (Wildman–Crippen MR) is 58.3 cm³/mol. The van der Waals surface area contributed by atoms with E-state index in [1.54, 1.807) is 0 Å². The number of rotatable bonds is 5. The van der Waals surface area contributed by atoms with Crippen LogP contribution in [0.4, 0.5) is 22.0 Å². The third kappa shape index (κ3) is 4.12. The average molecular weight is 319 g/mol. The molecule has 0 saturated carbocycles. The number of nitrogens with zero attached hydrogens (tertiary/aromatic N) is 1. The molecule has 0 aromatic heterocycles. The van der Waals surface area contributed by atoms with E-state index in [-0.39, 0.29) is 10.4 Å². The molecule has 4 nitrogen and oxygen atoms in total. The quantitative estimate of drug-likeness (QED) is 0.837. The fraction of sp³-hybridized carbons (Fsp3) is 0.400. The Morgan fingerprint density at radius 2 is 1.80 bits per heavy atom. The van der Waals surface area contributed by atoms with Crippen molar-refractivity contribution in [2.45, 2.75) is 11.1 Å². The largest absolute Gasteiger partial charge is 0.402 e. The highest BCUT2D eigenvalue weighted by molar-refractivity contribution is 7.89. The molecule has 0 amide bonds. The van der Waals surface area contributed by atoms with Gasteiger partial charge in [0, 0.05) is 6.54 Å². The zero-order valence-electron chi connectivity index (χ0n) is 9.86. The first-order valence-corrected chi connectivity index (χ1v) is 6.65. The van der Waals surface area contributed by atoms with Crippen LogP contribution in [0.1, 0.15) is 0 Å². The fourth-order valence-electron chi connectivity index (χ4n) is 1.41. The van der Waals surface area contributed by atoms with E-state index >= 15 is 0 Å². The maximum absolute atomic E-state index is 13.4. The number of sulfonamides is 1. The Morgan fingerprint density at radius 1 is 1.20 bits per heavy atom. The second-order valence-electron chi connectivity index (χ2n) is 3.75. The fourth-order valence-corrected chi connectivity index (χ4v) is 2.90. The minimum atomic E-state index is -4.91. The minimum absolute atomic E-state index is 0.162. The molecule has 0 aliphatic rings. The molecular formula is C10H10F5NO3S. The van der Waals surface area contributed by atoms with E-state index in [1.807, 2.05) is 0 Å². The number of alkyl halides is 3. The molecule has 0 aliphatic carbocycles. The van der Waals surface area contributed by atoms with Gasteiger partial charge in [0.25, 0.3) is 0 Å². The van der Waals surface area contributed by atoms with Crippen molar-refractivity contribution >= 4 is 10.0 Å². The van der Waals surface area contributed by atoms with E-state index < -0.39 is 52.4 Å². The molecule has 0 bridgehead atoms. The van der Waals surface area contributed by atoms with Crippen LogP contribution in [0.25, 0.3) is 0 Å². The van der Waals surface area contributed by atoms with Crippen molar-refractivity contribution in [3.8, 4) is 0 Å². The minimum Gasteiger partial charge on any atom is -0.395 e. The van der Waals surface area contributed by atoms with Crippen molar-refractivity contribution in [1.29, 1.82) is 0 Å². The van der Waals surface area contributed by atoms with Crippen LogP contribution in [0.2, 0.25) is 0 Å². The summed E-state index contributed by atoms with van der Waals surface area (Å²) >= 11 is 0. The van der Waals surface area contributed by atoms with E-state index in [0.29, 0.717) is 12.1 Å². The zero-order chi connectivity index (χ0) is 15.6. The lowest BCUT2D eigenvalue weighted by Crippen LogP contribution is -2.40. The van der Waals surface area contributed by atoms with Gasteiger partial charge in [0.1, 0.15) is 23.1 Å². The molecule has 0 unspecified atom stereocenters. The molecule has 20 heavy (non-hydrogen) atoms. The predicted octanol–water partition coefficient (Wildman–Crippen LogP) is 1.51. The van der Waals surface area contributed by atoms with E-state index in [4.69, 9.17) is 5.11 Å². The summed E-state index contributed by atoms with van der Waals surface area (Å²) in [7, 11) is -4.91. The Bertz CT molecular complexity index is 573. The van der Waals surface area contributed by atoms with Crippen LogP contribution in [-0.2, 0) is 10.0 Å². The highest BCUT2D eigenvalue weighted by Gasteiger charge is 2.37. The third-order valence-electron chi connectivity index (χ3n) is 2.22. The Morgan fingerprint density at radius 3 is 2.30 bits per heavy atom. The molecule has 1 aromatic carbocycles. The lowest BCUT2D eigenvalue weighted by atomic mass is 10.3. The van der Waals surface area contributed by atoms with Crippen LogP contribution < -0.4 is 0 Å². The maximum atomic E-state index is 13.4. The smallest absolute Gasteiger partial charge is 0.395 e. The van der Waals surface area contributed by atoms with Gasteiger partial charge in [0.15, 0.2) is 0 Å². The summed E-state index contributed by atoms with van der Waals surface area (Å²) in [5.41, 5.74) is 0. The van der Waals surface area contributed by atoms with Gasteiger partial charge < -0.3 is 5.11 Å². The van der Waals surface area contributed by atoms with Crippen LogP contribution in [0.3, 0.4) is 0 Å². The highest BCUT2D eigenvalue weighted by Crippen LogP contribution is 2.24. The second-order valence-corrected chi connectivity index (χ2v) is 5.66. The summed E-state index contributed by atoms with van der Waals surface area (Å²) < 4.78 is 86.8. The average Bonchev–Trinajstić information content (AvgIpc) is 2.30. The molecule has 114 valence electrons. The van der Waals surface area contributed by atoms with E-state index in [2.05, 4.69) is 0 Å². The van der Waals surface area contributed by atoms with Crippen molar-refractivity contribution in [2.75, 3.05) is 19.7 Å². The highest BCUT2D eigenvalue weighted by atomic mass is 32.2. The molecule has 1 rings (SSSR count). The molecule has 0 heterocycles. The van der Waals surface area contributed by atoms with Crippen molar-refractivity contribution in [3.05, 3.63) is 29.8 Å². The van der Waals surface area contributed by atoms with Crippen molar-refractivity contribution in [2.24, 2.45) is 0 Å². The van der Waals surface area contributed by atoms with Crippen molar-refractivity contribution in [1.82, 2.24) is 4.31 Å². The van der Waals surface area contributed by atoms with Gasteiger partial charge in [-0.1, -0.05) is 0 Å². The first-order valence-electron chi connectivity index (χ1n) is 5.21. The van der Waals surface area contributed by atoms with Crippen molar-refractivity contribution in [3.63, 3.8) is 0 Å². The van der Waals surface area contributed by atoms with Crippen LogP contribution in [0.15, 0.2) is 23.1 Å². The van der Waals surface area contributed by atoms with Gasteiger partial charge in [0.2, 0.25) is 10.0 Å². The van der Waals surface area contributed by atoms with Gasteiger partial charge in [-0.3, -0.25) is 0 Å². The van der Waals surface area contributed by atoms with Crippen LogP contribution in [0, 0.1) is 11.6 Å².